The second-order valence-electron chi connectivity index (χ2n) is 5.39. The number of amides is 1. The van der Waals surface area contributed by atoms with E-state index in [-0.39, 0.29) is 26.4 Å². The highest BCUT2D eigenvalue weighted by molar-refractivity contribution is 8.26. The van der Waals surface area contributed by atoms with E-state index >= 15 is 0 Å². The molecule has 0 aromatic heterocycles. The van der Waals surface area contributed by atoms with Crippen LogP contribution in [0, 0.1) is 16.0 Å². The lowest BCUT2D eigenvalue weighted by Crippen LogP contribution is -2.47. The van der Waals surface area contributed by atoms with Crippen molar-refractivity contribution in [2.75, 3.05) is 0 Å². The monoisotopic (exact) mass is 366 g/mol. The summed E-state index contributed by atoms with van der Waals surface area (Å²) in [7, 11) is 0. The standard InChI is InChI=1S/C15H14N2O5S2/c1-8(2)12(14(19)20)16-13(18)11(24-15(16)23)7-9-5-3-4-6-10(9)17(21)22/h3-8,12H,1-2H3,(H,19,20)/b11-7+/t12-/m1/s1. The molecule has 2 rings (SSSR count). The lowest BCUT2D eigenvalue weighted by atomic mass is 10.0. The average Bonchev–Trinajstić information content (AvgIpc) is 2.75. The first-order chi connectivity index (χ1) is 11.2. The van der Waals surface area contributed by atoms with Crippen molar-refractivity contribution in [2.45, 2.75) is 19.9 Å². The third-order valence-electron chi connectivity index (χ3n) is 3.41. The number of hydrogen-bond donors (Lipinski definition) is 1. The molecule has 1 aliphatic heterocycles. The van der Waals surface area contributed by atoms with Crippen molar-refractivity contribution in [1.82, 2.24) is 4.90 Å². The van der Waals surface area contributed by atoms with Crippen molar-refractivity contribution < 1.29 is 19.6 Å². The summed E-state index contributed by atoms with van der Waals surface area (Å²) in [5.41, 5.74) is 0.126. The highest BCUT2D eigenvalue weighted by Crippen LogP contribution is 2.36. The third-order valence-corrected chi connectivity index (χ3v) is 4.74. The molecule has 0 spiro atoms. The van der Waals surface area contributed by atoms with E-state index in [4.69, 9.17) is 12.2 Å². The topological polar surface area (TPSA) is 101 Å². The second-order valence-corrected chi connectivity index (χ2v) is 7.07. The zero-order valence-corrected chi connectivity index (χ0v) is 14.5. The van der Waals surface area contributed by atoms with Crippen molar-refractivity contribution in [1.29, 1.82) is 0 Å². The van der Waals surface area contributed by atoms with Crippen molar-refractivity contribution >= 4 is 51.9 Å². The summed E-state index contributed by atoms with van der Waals surface area (Å²) in [6, 6.07) is 4.92. The third kappa shape index (κ3) is 3.46. The molecule has 7 nitrogen and oxygen atoms in total. The van der Waals surface area contributed by atoms with Crippen LogP contribution >= 0.6 is 24.0 Å². The van der Waals surface area contributed by atoms with Crippen LogP contribution in [-0.2, 0) is 9.59 Å². The number of nitro groups is 1. The summed E-state index contributed by atoms with van der Waals surface area (Å²) in [4.78, 5) is 35.8. The minimum atomic E-state index is -1.15. The van der Waals surface area contributed by atoms with Gasteiger partial charge in [0.15, 0.2) is 0 Å². The zero-order chi connectivity index (χ0) is 18.0. The highest BCUT2D eigenvalue weighted by Gasteiger charge is 2.42. The Kier molecular flexibility index (Phi) is 5.35. The number of hydrogen-bond acceptors (Lipinski definition) is 6. The number of carbonyl (C=O) groups excluding carboxylic acids is 1. The molecule has 1 heterocycles. The highest BCUT2D eigenvalue weighted by atomic mass is 32.2. The van der Waals surface area contributed by atoms with E-state index in [1.54, 1.807) is 19.9 Å². The van der Waals surface area contributed by atoms with E-state index in [1.165, 1.54) is 24.3 Å². The molecule has 1 fully saturated rings. The van der Waals surface area contributed by atoms with Crippen molar-refractivity contribution in [2.24, 2.45) is 5.92 Å². The molecule has 1 N–H and O–H groups in total. The van der Waals surface area contributed by atoms with Gasteiger partial charge >= 0.3 is 5.97 Å². The molecular weight excluding hydrogens is 352 g/mol. The summed E-state index contributed by atoms with van der Waals surface area (Å²) in [5, 5.41) is 20.4. The van der Waals surface area contributed by atoms with Crippen LogP contribution in [0.25, 0.3) is 6.08 Å². The number of para-hydroxylation sites is 1. The number of benzene rings is 1. The summed E-state index contributed by atoms with van der Waals surface area (Å²) in [6.45, 7) is 3.37. The lowest BCUT2D eigenvalue weighted by molar-refractivity contribution is -0.385. The maximum Gasteiger partial charge on any atom is 0.327 e. The molecular formula is C15H14N2O5S2. The van der Waals surface area contributed by atoms with Crippen molar-refractivity contribution in [3.8, 4) is 0 Å². The SMILES string of the molecule is CC(C)[C@H](C(=O)O)N1C(=O)/C(=C\c2ccccc2[N+](=O)[O-])SC1=S. The Balaban J connectivity index is 2.42. The van der Waals surface area contributed by atoms with Gasteiger partial charge in [-0.1, -0.05) is 50.0 Å². The van der Waals surface area contributed by atoms with E-state index in [0.29, 0.717) is 0 Å². The van der Waals surface area contributed by atoms with E-state index in [2.05, 4.69) is 0 Å². The van der Waals surface area contributed by atoms with E-state index in [9.17, 15) is 24.8 Å². The smallest absolute Gasteiger partial charge is 0.327 e. The Labute approximate surface area is 147 Å². The van der Waals surface area contributed by atoms with Crippen LogP contribution in [0.2, 0.25) is 0 Å². The number of carbonyl (C=O) groups is 2. The largest absolute Gasteiger partial charge is 0.480 e. The number of carboxylic acids is 1. The van der Waals surface area contributed by atoms with Gasteiger partial charge in [-0.2, -0.15) is 0 Å². The summed E-state index contributed by atoms with van der Waals surface area (Å²) >= 11 is 6.08. The number of rotatable bonds is 5. The molecule has 1 aromatic carbocycles. The van der Waals surface area contributed by atoms with E-state index < -0.39 is 22.8 Å². The number of nitro benzene ring substituents is 1. The van der Waals surface area contributed by atoms with Gasteiger partial charge in [-0.15, -0.1) is 0 Å². The molecule has 0 radical (unpaired) electrons. The van der Waals surface area contributed by atoms with Gasteiger partial charge in [0.25, 0.3) is 11.6 Å². The summed E-state index contributed by atoms with van der Waals surface area (Å²) in [5.74, 6) is -2.03. The molecule has 9 heteroatoms. The van der Waals surface area contributed by atoms with Gasteiger partial charge in [0.1, 0.15) is 10.4 Å². The molecule has 1 saturated heterocycles. The van der Waals surface area contributed by atoms with Gasteiger partial charge in [-0.3, -0.25) is 19.8 Å². The van der Waals surface area contributed by atoms with Crippen LogP contribution in [0.5, 0.6) is 0 Å². The molecule has 0 bridgehead atoms. The molecule has 1 aromatic rings. The Hall–Kier alpha value is -2.26. The van der Waals surface area contributed by atoms with Crippen LogP contribution < -0.4 is 0 Å². The van der Waals surface area contributed by atoms with Gasteiger partial charge in [-0.05, 0) is 18.1 Å². The fourth-order valence-electron chi connectivity index (χ4n) is 2.33. The van der Waals surface area contributed by atoms with Gasteiger partial charge in [0, 0.05) is 6.07 Å². The van der Waals surface area contributed by atoms with Crippen LogP contribution in [0.4, 0.5) is 5.69 Å². The molecule has 0 aliphatic carbocycles. The second kappa shape index (κ2) is 7.10. The number of aliphatic carboxylic acids is 1. The predicted molar refractivity (Wildman–Crippen MR) is 94.4 cm³/mol. The summed E-state index contributed by atoms with van der Waals surface area (Å²) in [6.07, 6.45) is 1.37. The van der Waals surface area contributed by atoms with Crippen LogP contribution in [0.15, 0.2) is 29.2 Å². The Morgan fingerprint density at radius 3 is 2.58 bits per heavy atom. The quantitative estimate of drug-likeness (QED) is 0.370. The minimum Gasteiger partial charge on any atom is -0.480 e. The normalized spacial score (nSPS) is 17.6. The van der Waals surface area contributed by atoms with E-state index in [0.717, 1.165) is 16.7 Å². The Morgan fingerprint density at radius 1 is 1.42 bits per heavy atom. The first-order valence-corrected chi connectivity index (χ1v) is 8.19. The average molecular weight is 366 g/mol. The van der Waals surface area contributed by atoms with Gasteiger partial charge in [0.2, 0.25) is 0 Å². The van der Waals surface area contributed by atoms with Crippen LogP contribution in [0.3, 0.4) is 0 Å². The first-order valence-electron chi connectivity index (χ1n) is 6.97. The fraction of sp³-hybridized carbons (Fsp3) is 0.267. The zero-order valence-electron chi connectivity index (χ0n) is 12.8. The van der Waals surface area contributed by atoms with Crippen LogP contribution in [-0.4, -0.2) is 37.2 Å². The minimum absolute atomic E-state index is 0.130. The van der Waals surface area contributed by atoms with Crippen molar-refractivity contribution in [3.05, 3.63) is 44.8 Å². The Morgan fingerprint density at radius 2 is 2.04 bits per heavy atom. The number of nitrogens with zero attached hydrogens (tertiary/aromatic N) is 2. The van der Waals surface area contributed by atoms with Gasteiger partial charge < -0.3 is 5.11 Å². The molecule has 1 aliphatic rings. The van der Waals surface area contributed by atoms with E-state index in [1.807, 2.05) is 0 Å². The summed E-state index contributed by atoms with van der Waals surface area (Å²) < 4.78 is 0.130. The number of thioether (sulfide) groups is 1. The van der Waals surface area contributed by atoms with Crippen LogP contribution in [0.1, 0.15) is 19.4 Å². The fourth-order valence-corrected chi connectivity index (χ4v) is 3.65. The predicted octanol–water partition coefficient (Wildman–Crippen LogP) is 2.91. The molecule has 1 atom stereocenters. The maximum atomic E-state index is 12.6. The first kappa shape index (κ1) is 18.1. The van der Waals surface area contributed by atoms with Gasteiger partial charge in [0.05, 0.1) is 15.4 Å². The van der Waals surface area contributed by atoms with Gasteiger partial charge in [-0.25, -0.2) is 4.79 Å². The number of carboxylic acid groups (broad SMARTS) is 1. The molecule has 24 heavy (non-hydrogen) atoms. The van der Waals surface area contributed by atoms with Crippen molar-refractivity contribution in [3.63, 3.8) is 0 Å². The number of thiocarbonyl (C=S) groups is 1. The maximum absolute atomic E-state index is 12.6. The molecule has 0 saturated carbocycles. The lowest BCUT2D eigenvalue weighted by Gasteiger charge is -2.26. The molecule has 1 amide bonds. The molecule has 0 unspecified atom stereocenters. The molecule has 126 valence electrons. The Bertz CT molecular complexity index is 760.